The first kappa shape index (κ1) is 11.1. The highest BCUT2D eigenvalue weighted by atomic mass is 16.5. The van der Waals surface area contributed by atoms with Gasteiger partial charge in [0.25, 0.3) is 0 Å². The van der Waals surface area contributed by atoms with E-state index in [-0.39, 0.29) is 6.61 Å². The number of carbonyl (C=O) groups is 1. The molecule has 1 atom stereocenters. The SMILES string of the molecule is CC(COc1ccc(C#N)cc1)C(=O)O. The molecule has 15 heavy (non-hydrogen) atoms. The summed E-state index contributed by atoms with van der Waals surface area (Å²) < 4.78 is 5.24. The van der Waals surface area contributed by atoms with Gasteiger partial charge >= 0.3 is 5.97 Å². The summed E-state index contributed by atoms with van der Waals surface area (Å²) in [6.07, 6.45) is 0. The number of nitrogens with zero attached hydrogens (tertiary/aromatic N) is 1. The summed E-state index contributed by atoms with van der Waals surface area (Å²) in [6.45, 7) is 1.70. The Kier molecular flexibility index (Phi) is 3.69. The van der Waals surface area contributed by atoms with E-state index in [0.717, 1.165) is 0 Å². The first-order valence-corrected chi connectivity index (χ1v) is 4.49. The molecule has 0 spiro atoms. The fraction of sp³-hybridized carbons (Fsp3) is 0.273. The van der Waals surface area contributed by atoms with Crippen LogP contribution in [0.3, 0.4) is 0 Å². The van der Waals surface area contributed by atoms with E-state index >= 15 is 0 Å². The van der Waals surface area contributed by atoms with E-state index in [1.54, 1.807) is 31.2 Å². The summed E-state index contributed by atoms with van der Waals surface area (Å²) in [5.74, 6) is -0.855. The molecule has 1 aromatic rings. The van der Waals surface area contributed by atoms with Crippen molar-refractivity contribution in [3.8, 4) is 11.8 Å². The van der Waals surface area contributed by atoms with Gasteiger partial charge < -0.3 is 9.84 Å². The Morgan fingerprint density at radius 2 is 2.13 bits per heavy atom. The molecule has 0 heterocycles. The fourth-order valence-corrected chi connectivity index (χ4v) is 0.918. The minimum Gasteiger partial charge on any atom is -0.493 e. The van der Waals surface area contributed by atoms with Crippen molar-refractivity contribution in [3.05, 3.63) is 29.8 Å². The predicted molar refractivity (Wildman–Crippen MR) is 53.5 cm³/mol. The standard InChI is InChI=1S/C11H11NO3/c1-8(11(13)14)7-15-10-4-2-9(6-12)3-5-10/h2-5,8H,7H2,1H3,(H,13,14). The molecule has 0 radical (unpaired) electrons. The van der Waals surface area contributed by atoms with Gasteiger partial charge in [-0.25, -0.2) is 0 Å². The van der Waals surface area contributed by atoms with Crippen molar-refractivity contribution in [3.63, 3.8) is 0 Å². The number of hydrogen-bond donors (Lipinski definition) is 1. The molecular formula is C11H11NO3. The second kappa shape index (κ2) is 5.01. The molecule has 0 aromatic heterocycles. The fourth-order valence-electron chi connectivity index (χ4n) is 0.918. The molecule has 4 nitrogen and oxygen atoms in total. The van der Waals surface area contributed by atoms with Crippen molar-refractivity contribution >= 4 is 5.97 Å². The summed E-state index contributed by atoms with van der Waals surface area (Å²) in [7, 11) is 0. The van der Waals surface area contributed by atoms with Gasteiger partial charge in [0, 0.05) is 0 Å². The highest BCUT2D eigenvalue weighted by Crippen LogP contribution is 2.12. The highest BCUT2D eigenvalue weighted by Gasteiger charge is 2.11. The predicted octanol–water partition coefficient (Wildman–Crippen LogP) is 1.66. The van der Waals surface area contributed by atoms with Crippen molar-refractivity contribution in [2.45, 2.75) is 6.92 Å². The maximum Gasteiger partial charge on any atom is 0.309 e. The van der Waals surface area contributed by atoms with E-state index in [0.29, 0.717) is 11.3 Å². The number of rotatable bonds is 4. The van der Waals surface area contributed by atoms with E-state index in [4.69, 9.17) is 15.1 Å². The molecule has 0 aliphatic heterocycles. The number of benzene rings is 1. The van der Waals surface area contributed by atoms with Gasteiger partial charge in [0.05, 0.1) is 17.6 Å². The molecule has 0 saturated heterocycles. The number of ether oxygens (including phenoxy) is 1. The second-order valence-corrected chi connectivity index (χ2v) is 3.19. The molecule has 0 bridgehead atoms. The Balaban J connectivity index is 2.52. The minimum atomic E-state index is -0.886. The van der Waals surface area contributed by atoms with Gasteiger partial charge in [0.1, 0.15) is 12.4 Å². The van der Waals surface area contributed by atoms with Gasteiger partial charge in [-0.1, -0.05) is 0 Å². The van der Waals surface area contributed by atoms with Crippen LogP contribution in [0.25, 0.3) is 0 Å². The monoisotopic (exact) mass is 205 g/mol. The quantitative estimate of drug-likeness (QED) is 0.811. The molecule has 0 amide bonds. The molecular weight excluding hydrogens is 194 g/mol. The lowest BCUT2D eigenvalue weighted by Gasteiger charge is -2.08. The van der Waals surface area contributed by atoms with Gasteiger partial charge in [-0.05, 0) is 31.2 Å². The molecule has 78 valence electrons. The molecule has 4 heteroatoms. The van der Waals surface area contributed by atoms with Crippen molar-refractivity contribution < 1.29 is 14.6 Å². The highest BCUT2D eigenvalue weighted by molar-refractivity contribution is 5.69. The van der Waals surface area contributed by atoms with Crippen LogP contribution in [0.2, 0.25) is 0 Å². The van der Waals surface area contributed by atoms with Crippen LogP contribution in [-0.2, 0) is 4.79 Å². The summed E-state index contributed by atoms with van der Waals surface area (Å²) in [4.78, 5) is 10.5. The first-order valence-electron chi connectivity index (χ1n) is 4.49. The lowest BCUT2D eigenvalue weighted by molar-refractivity contribution is -0.142. The number of carboxylic acid groups (broad SMARTS) is 1. The van der Waals surface area contributed by atoms with Crippen molar-refractivity contribution in [2.75, 3.05) is 6.61 Å². The van der Waals surface area contributed by atoms with E-state index in [1.165, 1.54) is 0 Å². The van der Waals surface area contributed by atoms with Crippen LogP contribution in [0.15, 0.2) is 24.3 Å². The zero-order valence-corrected chi connectivity index (χ0v) is 8.30. The third kappa shape index (κ3) is 3.31. The summed E-state index contributed by atoms with van der Waals surface area (Å²) in [5.41, 5.74) is 0.550. The van der Waals surface area contributed by atoms with E-state index in [9.17, 15) is 4.79 Å². The van der Waals surface area contributed by atoms with E-state index in [1.807, 2.05) is 6.07 Å². The number of nitriles is 1. The van der Waals surface area contributed by atoms with Gasteiger partial charge in [-0.3, -0.25) is 4.79 Å². The topological polar surface area (TPSA) is 70.3 Å². The minimum absolute atomic E-state index is 0.126. The van der Waals surface area contributed by atoms with Crippen molar-refractivity contribution in [2.24, 2.45) is 5.92 Å². The molecule has 0 aliphatic carbocycles. The van der Waals surface area contributed by atoms with Crippen LogP contribution < -0.4 is 4.74 Å². The van der Waals surface area contributed by atoms with Crippen LogP contribution in [0, 0.1) is 17.2 Å². The van der Waals surface area contributed by atoms with Crippen LogP contribution in [-0.4, -0.2) is 17.7 Å². The van der Waals surface area contributed by atoms with Gasteiger partial charge in [-0.15, -0.1) is 0 Å². The van der Waals surface area contributed by atoms with Crippen LogP contribution in [0.5, 0.6) is 5.75 Å². The summed E-state index contributed by atoms with van der Waals surface area (Å²) in [6, 6.07) is 8.53. The number of aliphatic carboxylic acids is 1. The Morgan fingerprint density at radius 3 is 2.60 bits per heavy atom. The van der Waals surface area contributed by atoms with Gasteiger partial charge in [-0.2, -0.15) is 5.26 Å². The number of carboxylic acids is 1. The van der Waals surface area contributed by atoms with Crippen molar-refractivity contribution in [1.29, 1.82) is 5.26 Å². The van der Waals surface area contributed by atoms with E-state index < -0.39 is 11.9 Å². The van der Waals surface area contributed by atoms with Gasteiger partial charge in [0.2, 0.25) is 0 Å². The summed E-state index contributed by atoms with van der Waals surface area (Å²) in [5, 5.41) is 17.2. The Morgan fingerprint density at radius 1 is 1.53 bits per heavy atom. The Bertz CT molecular complexity index is 378. The average molecular weight is 205 g/mol. The summed E-state index contributed by atoms with van der Waals surface area (Å²) >= 11 is 0. The number of hydrogen-bond acceptors (Lipinski definition) is 3. The average Bonchev–Trinajstić information content (AvgIpc) is 2.26. The normalized spacial score (nSPS) is 11.5. The first-order chi connectivity index (χ1) is 7.13. The largest absolute Gasteiger partial charge is 0.493 e. The molecule has 1 rings (SSSR count). The Hall–Kier alpha value is -2.02. The molecule has 0 fully saturated rings. The molecule has 1 unspecified atom stereocenters. The lowest BCUT2D eigenvalue weighted by Crippen LogP contribution is -2.17. The third-order valence-electron chi connectivity index (χ3n) is 1.90. The second-order valence-electron chi connectivity index (χ2n) is 3.19. The van der Waals surface area contributed by atoms with Crippen LogP contribution in [0.1, 0.15) is 12.5 Å². The zero-order valence-electron chi connectivity index (χ0n) is 8.30. The third-order valence-corrected chi connectivity index (χ3v) is 1.90. The molecule has 0 aliphatic rings. The van der Waals surface area contributed by atoms with Crippen LogP contribution >= 0.6 is 0 Å². The van der Waals surface area contributed by atoms with Gasteiger partial charge in [0.15, 0.2) is 0 Å². The molecule has 0 saturated carbocycles. The molecule has 1 aromatic carbocycles. The van der Waals surface area contributed by atoms with Crippen molar-refractivity contribution in [1.82, 2.24) is 0 Å². The maximum absolute atomic E-state index is 10.5. The molecule has 1 N–H and O–H groups in total. The Labute approximate surface area is 87.7 Å². The maximum atomic E-state index is 10.5. The van der Waals surface area contributed by atoms with E-state index in [2.05, 4.69) is 0 Å². The zero-order chi connectivity index (χ0) is 11.3. The lowest BCUT2D eigenvalue weighted by atomic mass is 10.2. The van der Waals surface area contributed by atoms with Crippen LogP contribution in [0.4, 0.5) is 0 Å². The smallest absolute Gasteiger partial charge is 0.309 e.